The zero-order valence-electron chi connectivity index (χ0n) is 13.9. The molecule has 3 nitrogen and oxygen atoms in total. The Balaban J connectivity index is 1.93. The Morgan fingerprint density at radius 3 is 2.71 bits per heavy atom. The van der Waals surface area contributed by atoms with Crippen LogP contribution in [0.4, 0.5) is 0 Å². The molecule has 24 heavy (non-hydrogen) atoms. The van der Waals surface area contributed by atoms with Gasteiger partial charge in [-0.15, -0.1) is 0 Å². The van der Waals surface area contributed by atoms with Gasteiger partial charge in [0.1, 0.15) is 5.75 Å². The molecule has 1 atom stereocenters. The van der Waals surface area contributed by atoms with E-state index in [0.717, 1.165) is 45.4 Å². The molecule has 1 aliphatic heterocycles. The van der Waals surface area contributed by atoms with Crippen LogP contribution in [0.3, 0.4) is 0 Å². The SMILES string of the molecule is NCCCCN1CCc2cc(Cl)c(O)cc2[C@@H](c2ccccc2)C1. The fraction of sp³-hybridized carbons (Fsp3) is 0.400. The van der Waals surface area contributed by atoms with Gasteiger partial charge in [-0.1, -0.05) is 41.9 Å². The summed E-state index contributed by atoms with van der Waals surface area (Å²) in [6.45, 7) is 3.79. The number of aromatic hydroxyl groups is 1. The second-order valence-corrected chi connectivity index (χ2v) is 6.92. The molecule has 2 aromatic carbocycles. The van der Waals surface area contributed by atoms with Crippen molar-refractivity contribution in [3.05, 3.63) is 64.2 Å². The Hall–Kier alpha value is -1.55. The molecule has 0 bridgehead atoms. The van der Waals surface area contributed by atoms with Gasteiger partial charge in [-0.25, -0.2) is 0 Å². The molecule has 3 N–H and O–H groups in total. The lowest BCUT2D eigenvalue weighted by Crippen LogP contribution is -2.30. The predicted octanol–water partition coefficient (Wildman–Crippen LogP) is 3.77. The lowest BCUT2D eigenvalue weighted by Gasteiger charge is -2.25. The van der Waals surface area contributed by atoms with Gasteiger partial charge in [0.15, 0.2) is 0 Å². The Labute approximate surface area is 149 Å². The summed E-state index contributed by atoms with van der Waals surface area (Å²) in [5.74, 6) is 0.428. The molecule has 0 fully saturated rings. The summed E-state index contributed by atoms with van der Waals surface area (Å²) in [6, 6.07) is 14.3. The number of nitrogens with zero attached hydrogens (tertiary/aromatic N) is 1. The van der Waals surface area contributed by atoms with E-state index >= 15 is 0 Å². The summed E-state index contributed by atoms with van der Waals surface area (Å²) >= 11 is 6.15. The van der Waals surface area contributed by atoms with E-state index in [1.54, 1.807) is 0 Å². The van der Waals surface area contributed by atoms with Gasteiger partial charge in [0.25, 0.3) is 0 Å². The summed E-state index contributed by atoms with van der Waals surface area (Å²) in [7, 11) is 0. The zero-order chi connectivity index (χ0) is 16.9. The van der Waals surface area contributed by atoms with E-state index < -0.39 is 0 Å². The van der Waals surface area contributed by atoms with Crippen LogP contribution in [-0.2, 0) is 6.42 Å². The first-order chi connectivity index (χ1) is 11.7. The number of fused-ring (bicyclic) bond motifs is 1. The monoisotopic (exact) mass is 344 g/mol. The Morgan fingerprint density at radius 2 is 1.96 bits per heavy atom. The van der Waals surface area contributed by atoms with Gasteiger partial charge < -0.3 is 15.7 Å². The van der Waals surface area contributed by atoms with Crippen LogP contribution in [0.5, 0.6) is 5.75 Å². The zero-order valence-corrected chi connectivity index (χ0v) is 14.7. The molecule has 0 unspecified atom stereocenters. The summed E-state index contributed by atoms with van der Waals surface area (Å²) < 4.78 is 0. The van der Waals surface area contributed by atoms with Gasteiger partial charge in [0.05, 0.1) is 5.02 Å². The molecule has 0 radical (unpaired) electrons. The number of hydrogen-bond acceptors (Lipinski definition) is 3. The number of hydrogen-bond donors (Lipinski definition) is 2. The molecule has 0 saturated carbocycles. The number of benzene rings is 2. The predicted molar refractivity (Wildman–Crippen MR) is 99.8 cm³/mol. The average Bonchev–Trinajstić information content (AvgIpc) is 2.77. The summed E-state index contributed by atoms with van der Waals surface area (Å²) in [5.41, 5.74) is 9.36. The van der Waals surface area contributed by atoms with Crippen LogP contribution in [0, 0.1) is 0 Å². The lowest BCUT2D eigenvalue weighted by atomic mass is 9.88. The molecule has 0 amide bonds. The maximum absolute atomic E-state index is 10.1. The standard InChI is InChI=1S/C20H25ClN2O/c21-19-12-16-8-11-23(10-5-4-9-22)14-18(17(16)13-20(19)24)15-6-2-1-3-7-15/h1-3,6-7,12-13,18,24H,4-5,8-11,14,22H2/t18-/m1/s1. The summed E-state index contributed by atoms with van der Waals surface area (Å²) in [4.78, 5) is 2.51. The van der Waals surface area contributed by atoms with Crippen LogP contribution in [0.2, 0.25) is 5.02 Å². The van der Waals surface area contributed by atoms with Crippen LogP contribution in [0.15, 0.2) is 42.5 Å². The fourth-order valence-corrected chi connectivity index (χ4v) is 3.73. The first-order valence-electron chi connectivity index (χ1n) is 8.67. The number of halogens is 1. The molecule has 0 saturated heterocycles. The van der Waals surface area contributed by atoms with Crippen molar-refractivity contribution in [1.82, 2.24) is 4.90 Å². The molecule has 1 aliphatic rings. The van der Waals surface area contributed by atoms with Crippen LogP contribution >= 0.6 is 11.6 Å². The van der Waals surface area contributed by atoms with Gasteiger partial charge >= 0.3 is 0 Å². The minimum Gasteiger partial charge on any atom is -0.506 e. The van der Waals surface area contributed by atoms with Gasteiger partial charge in [0.2, 0.25) is 0 Å². The number of rotatable bonds is 5. The minimum absolute atomic E-state index is 0.174. The second-order valence-electron chi connectivity index (χ2n) is 6.51. The topological polar surface area (TPSA) is 49.5 Å². The van der Waals surface area contributed by atoms with Crippen molar-refractivity contribution in [2.24, 2.45) is 5.73 Å². The molecule has 0 aromatic heterocycles. The largest absolute Gasteiger partial charge is 0.506 e. The number of phenols is 1. The first-order valence-corrected chi connectivity index (χ1v) is 9.05. The smallest absolute Gasteiger partial charge is 0.134 e. The molecule has 1 heterocycles. The van der Waals surface area contributed by atoms with E-state index in [2.05, 4.69) is 29.2 Å². The van der Waals surface area contributed by atoms with Crippen molar-refractivity contribution in [3.8, 4) is 5.75 Å². The first kappa shape index (κ1) is 17.3. The van der Waals surface area contributed by atoms with E-state index in [4.69, 9.17) is 17.3 Å². The Kier molecular flexibility index (Phi) is 5.77. The quantitative estimate of drug-likeness (QED) is 0.812. The normalized spacial score (nSPS) is 18.2. The van der Waals surface area contributed by atoms with Gasteiger partial charge in [-0.2, -0.15) is 0 Å². The third kappa shape index (κ3) is 3.92. The molecule has 4 heteroatoms. The molecule has 128 valence electrons. The van der Waals surface area contributed by atoms with Crippen LogP contribution in [-0.4, -0.2) is 36.2 Å². The van der Waals surface area contributed by atoms with Crippen molar-refractivity contribution >= 4 is 11.6 Å². The fourth-order valence-electron chi connectivity index (χ4n) is 3.54. The average molecular weight is 345 g/mol. The molecule has 0 aliphatic carbocycles. The van der Waals surface area contributed by atoms with Crippen LogP contribution in [0.25, 0.3) is 0 Å². The number of nitrogens with two attached hydrogens (primary N) is 1. The third-order valence-electron chi connectivity index (χ3n) is 4.85. The van der Waals surface area contributed by atoms with E-state index in [9.17, 15) is 5.11 Å². The maximum Gasteiger partial charge on any atom is 0.134 e. The molecular formula is C20H25ClN2O. The molecular weight excluding hydrogens is 320 g/mol. The van der Waals surface area contributed by atoms with E-state index in [-0.39, 0.29) is 11.7 Å². The van der Waals surface area contributed by atoms with E-state index in [0.29, 0.717) is 5.02 Å². The number of phenolic OH excluding ortho intramolecular Hbond substituents is 1. The van der Waals surface area contributed by atoms with Crippen molar-refractivity contribution < 1.29 is 5.11 Å². The van der Waals surface area contributed by atoms with Crippen molar-refractivity contribution in [3.63, 3.8) is 0 Å². The van der Waals surface area contributed by atoms with Crippen molar-refractivity contribution in [2.75, 3.05) is 26.2 Å². The highest BCUT2D eigenvalue weighted by molar-refractivity contribution is 6.32. The Bertz CT molecular complexity index is 675. The van der Waals surface area contributed by atoms with Crippen LogP contribution in [0.1, 0.15) is 35.4 Å². The highest BCUT2D eigenvalue weighted by Crippen LogP contribution is 2.36. The van der Waals surface area contributed by atoms with Gasteiger partial charge in [0, 0.05) is 19.0 Å². The van der Waals surface area contributed by atoms with Crippen molar-refractivity contribution in [2.45, 2.75) is 25.2 Å². The summed E-state index contributed by atoms with van der Waals surface area (Å²) in [6.07, 6.45) is 3.15. The second kappa shape index (κ2) is 8.02. The summed E-state index contributed by atoms with van der Waals surface area (Å²) in [5, 5.41) is 10.6. The highest BCUT2D eigenvalue weighted by atomic mass is 35.5. The molecule has 2 aromatic rings. The molecule has 0 spiro atoms. The maximum atomic E-state index is 10.1. The lowest BCUT2D eigenvalue weighted by molar-refractivity contribution is 0.271. The molecule has 3 rings (SSSR count). The van der Waals surface area contributed by atoms with Crippen molar-refractivity contribution in [1.29, 1.82) is 0 Å². The minimum atomic E-state index is 0.174. The van der Waals surface area contributed by atoms with Gasteiger partial charge in [-0.05, 0) is 61.2 Å². The Morgan fingerprint density at radius 1 is 1.17 bits per heavy atom. The van der Waals surface area contributed by atoms with Crippen LogP contribution < -0.4 is 5.73 Å². The third-order valence-corrected chi connectivity index (χ3v) is 5.16. The van der Waals surface area contributed by atoms with E-state index in [1.165, 1.54) is 16.7 Å². The van der Waals surface area contributed by atoms with E-state index in [1.807, 2.05) is 18.2 Å². The number of unbranched alkanes of at least 4 members (excludes halogenated alkanes) is 1. The van der Waals surface area contributed by atoms with Gasteiger partial charge in [-0.3, -0.25) is 0 Å². The highest BCUT2D eigenvalue weighted by Gasteiger charge is 2.25.